The third kappa shape index (κ3) is 11.5. The van der Waals surface area contributed by atoms with Crippen LogP contribution in [0.25, 0.3) is 0 Å². The summed E-state index contributed by atoms with van der Waals surface area (Å²) in [5.41, 5.74) is 0. The van der Waals surface area contributed by atoms with Crippen LogP contribution in [0.15, 0.2) is 0 Å². The minimum atomic E-state index is -6.07. The van der Waals surface area contributed by atoms with Crippen molar-refractivity contribution in [2.45, 2.75) is 0 Å². The SMILES string of the molecule is [Ge].[O]=[Cr](=[O])([O-])[O][Cr](=[O])(=[O])[O-]. The Hall–Kier alpha value is 0.688. The average molecular weight is 289 g/mol. The van der Waals surface area contributed by atoms with Gasteiger partial charge in [0.15, 0.2) is 0 Å². The first kappa shape index (κ1) is 13.3. The fourth-order valence-electron chi connectivity index (χ4n) is 0.102. The first-order valence-electron chi connectivity index (χ1n) is 1.33. The topological polar surface area (TPSA) is 124 Å². The van der Waals surface area contributed by atoms with Crippen molar-refractivity contribution in [3.05, 3.63) is 0 Å². The van der Waals surface area contributed by atoms with Crippen LogP contribution in [-0.2, 0) is 45.3 Å². The van der Waals surface area contributed by atoms with E-state index < -0.39 is 27.2 Å². The molecule has 0 atom stereocenters. The van der Waals surface area contributed by atoms with E-state index in [1.807, 2.05) is 0 Å². The zero-order valence-electron chi connectivity index (χ0n) is 4.17. The second kappa shape index (κ2) is 3.90. The van der Waals surface area contributed by atoms with Crippen LogP contribution in [0.5, 0.6) is 0 Å². The summed E-state index contributed by atoms with van der Waals surface area (Å²) in [4.78, 5) is 0. The summed E-state index contributed by atoms with van der Waals surface area (Å²) in [7, 11) is 0. The molecule has 0 aromatic heterocycles. The third-order valence-corrected chi connectivity index (χ3v) is 2.83. The van der Waals surface area contributed by atoms with Crippen LogP contribution in [0.3, 0.4) is 0 Å². The van der Waals surface area contributed by atoms with E-state index in [1.165, 1.54) is 0 Å². The van der Waals surface area contributed by atoms with Crippen molar-refractivity contribution < 1.29 is 53.6 Å². The first-order chi connectivity index (χ1) is 3.71. The van der Waals surface area contributed by atoms with Crippen LogP contribution in [0.2, 0.25) is 0 Å². The number of hydrogen-bond acceptors (Lipinski definition) is 7. The number of rotatable bonds is 2. The second-order valence-corrected chi connectivity index (χ2v) is 4.52. The Bertz CT molecular complexity index is 237. The molecule has 0 rings (SSSR count). The molecule has 10 heteroatoms. The van der Waals surface area contributed by atoms with Gasteiger partial charge in [0.1, 0.15) is 0 Å². The van der Waals surface area contributed by atoms with Gasteiger partial charge in [-0.3, -0.25) is 0 Å². The summed E-state index contributed by atoms with van der Waals surface area (Å²) in [5, 5.41) is 0. The Labute approximate surface area is 71.1 Å². The zero-order chi connectivity index (χ0) is 7.71. The van der Waals surface area contributed by atoms with Crippen LogP contribution in [0, 0.1) is 0 Å². The van der Waals surface area contributed by atoms with Crippen LogP contribution in [0.1, 0.15) is 0 Å². The normalized spacial score (nSPS) is 12.2. The summed E-state index contributed by atoms with van der Waals surface area (Å²) in [5.74, 6) is 0. The van der Waals surface area contributed by atoms with Gasteiger partial charge in [-0.25, -0.2) is 0 Å². The molecule has 0 saturated carbocycles. The van der Waals surface area contributed by atoms with Crippen LogP contribution >= 0.6 is 0 Å². The van der Waals surface area contributed by atoms with E-state index in [1.54, 1.807) is 0 Å². The molecule has 0 aliphatic rings. The molecule has 0 aliphatic carbocycles. The monoisotopic (exact) mass is 290 g/mol. The number of hydrogen-bond donors (Lipinski definition) is 0. The van der Waals surface area contributed by atoms with E-state index in [9.17, 15) is 23.5 Å². The van der Waals surface area contributed by atoms with Gasteiger partial charge in [0.25, 0.3) is 0 Å². The van der Waals surface area contributed by atoms with Crippen molar-refractivity contribution in [1.29, 1.82) is 0 Å². The molecule has 7 nitrogen and oxygen atoms in total. The van der Waals surface area contributed by atoms with Gasteiger partial charge in [-0.05, 0) is 0 Å². The molecule has 0 fully saturated rings. The molecule has 0 aromatic rings. The molecule has 4 radical (unpaired) electrons. The Balaban J connectivity index is 0. The molecule has 0 saturated heterocycles. The molecule has 10 heavy (non-hydrogen) atoms. The van der Waals surface area contributed by atoms with E-state index in [0.29, 0.717) is 0 Å². The first-order valence-corrected chi connectivity index (χ1v) is 5.50. The van der Waals surface area contributed by atoms with Crippen molar-refractivity contribution in [1.82, 2.24) is 0 Å². The maximum atomic E-state index is 9.38. The fraction of sp³-hybridized carbons (Fsp3) is 0. The molecule has 60 valence electrons. The van der Waals surface area contributed by atoms with Crippen molar-refractivity contribution in [3.63, 3.8) is 0 Å². The molecule has 0 heterocycles. The van der Waals surface area contributed by atoms with E-state index in [-0.39, 0.29) is 17.6 Å². The van der Waals surface area contributed by atoms with E-state index in [0.717, 1.165) is 0 Å². The summed E-state index contributed by atoms with van der Waals surface area (Å²) in [6, 6.07) is 0. The minimum absolute atomic E-state index is 0. The predicted octanol–water partition coefficient (Wildman–Crippen LogP) is -3.31. The van der Waals surface area contributed by atoms with Crippen LogP contribution < -0.4 is 8.32 Å². The quantitative estimate of drug-likeness (QED) is 0.487. The molecular formula is Cr2GeO7-2. The molecule has 0 unspecified atom stereocenters. The molecule has 0 N–H and O–H groups in total. The van der Waals surface area contributed by atoms with Gasteiger partial charge in [0, 0.05) is 17.6 Å². The van der Waals surface area contributed by atoms with Gasteiger partial charge in [0.05, 0.1) is 0 Å². The Morgan fingerprint density at radius 2 is 1.10 bits per heavy atom. The molecule has 0 amide bonds. The van der Waals surface area contributed by atoms with E-state index >= 15 is 0 Å². The molecule has 0 aliphatic heterocycles. The second-order valence-electron chi connectivity index (χ2n) is 0.885. The maximum absolute atomic E-state index is 9.38. The predicted molar refractivity (Wildman–Crippen MR) is 9.59 cm³/mol. The Morgan fingerprint density at radius 1 is 0.900 bits per heavy atom. The standard InChI is InChI=1S/2Cr.Ge.7O/q;;;;;;;;2*-1. The van der Waals surface area contributed by atoms with Crippen molar-refractivity contribution in [2.75, 3.05) is 0 Å². The van der Waals surface area contributed by atoms with Crippen molar-refractivity contribution >= 4 is 17.6 Å². The fourth-order valence-corrected chi connectivity index (χ4v) is 1.74. The van der Waals surface area contributed by atoms with Crippen LogP contribution in [0.4, 0.5) is 0 Å². The molecular weight excluding hydrogens is 289 g/mol. The van der Waals surface area contributed by atoms with Gasteiger partial charge < -0.3 is 0 Å². The Morgan fingerprint density at radius 3 is 1.10 bits per heavy atom. The summed E-state index contributed by atoms with van der Waals surface area (Å²) < 4.78 is 58.9. The van der Waals surface area contributed by atoms with Gasteiger partial charge >= 0.3 is 53.6 Å². The zero-order valence-corrected chi connectivity index (χ0v) is 8.82. The summed E-state index contributed by atoms with van der Waals surface area (Å²) >= 11 is -12.1. The average Bonchev–Trinajstić information content (AvgIpc) is 1.14. The van der Waals surface area contributed by atoms with E-state index in [2.05, 4.69) is 2.84 Å². The van der Waals surface area contributed by atoms with Crippen molar-refractivity contribution in [2.24, 2.45) is 0 Å². The van der Waals surface area contributed by atoms with Gasteiger partial charge in [-0.1, -0.05) is 0 Å². The summed E-state index contributed by atoms with van der Waals surface area (Å²) in [6.45, 7) is 0. The third-order valence-electron chi connectivity index (χ3n) is 0.167. The van der Waals surface area contributed by atoms with Gasteiger partial charge in [-0.15, -0.1) is 0 Å². The molecule has 0 bridgehead atoms. The van der Waals surface area contributed by atoms with Crippen molar-refractivity contribution in [3.8, 4) is 0 Å². The molecule has 0 spiro atoms. The summed E-state index contributed by atoms with van der Waals surface area (Å²) in [6.07, 6.45) is 0. The molecule has 0 aromatic carbocycles. The van der Waals surface area contributed by atoms with Crippen LogP contribution in [-0.4, -0.2) is 17.6 Å². The van der Waals surface area contributed by atoms with Gasteiger partial charge in [0.2, 0.25) is 0 Å². The van der Waals surface area contributed by atoms with Gasteiger partial charge in [-0.2, -0.15) is 0 Å². The van der Waals surface area contributed by atoms with E-state index in [4.69, 9.17) is 0 Å². The Kier molecular flexibility index (Phi) is 5.19.